The SMILES string of the molecule is CCC(N)(CC)CNC(=O)c1cc(C(C)C)nc2onc(C)c12. The second kappa shape index (κ2) is 6.66. The molecule has 126 valence electrons. The Morgan fingerprint density at radius 1 is 1.39 bits per heavy atom. The van der Waals surface area contributed by atoms with Gasteiger partial charge in [0.05, 0.1) is 16.6 Å². The zero-order chi connectivity index (χ0) is 17.2. The summed E-state index contributed by atoms with van der Waals surface area (Å²) in [7, 11) is 0. The summed E-state index contributed by atoms with van der Waals surface area (Å²) in [6.07, 6.45) is 1.61. The van der Waals surface area contributed by atoms with Crippen molar-refractivity contribution in [3.63, 3.8) is 0 Å². The molecule has 6 nitrogen and oxygen atoms in total. The lowest BCUT2D eigenvalue weighted by molar-refractivity contribution is 0.0943. The molecule has 2 heterocycles. The Morgan fingerprint density at radius 2 is 2.04 bits per heavy atom. The smallest absolute Gasteiger partial charge is 0.259 e. The number of nitrogens with two attached hydrogens (primary N) is 1. The summed E-state index contributed by atoms with van der Waals surface area (Å²) in [4.78, 5) is 17.1. The molecule has 0 aliphatic carbocycles. The molecule has 0 atom stereocenters. The molecule has 6 heteroatoms. The summed E-state index contributed by atoms with van der Waals surface area (Å²) in [5, 5.41) is 7.56. The van der Waals surface area contributed by atoms with Crippen molar-refractivity contribution in [2.75, 3.05) is 6.54 Å². The summed E-state index contributed by atoms with van der Waals surface area (Å²) < 4.78 is 5.25. The van der Waals surface area contributed by atoms with Crippen LogP contribution in [-0.4, -0.2) is 28.1 Å². The summed E-state index contributed by atoms with van der Waals surface area (Å²) in [6, 6.07) is 1.82. The fourth-order valence-corrected chi connectivity index (χ4v) is 2.44. The first kappa shape index (κ1) is 17.4. The van der Waals surface area contributed by atoms with Gasteiger partial charge in [-0.05, 0) is 31.7 Å². The van der Waals surface area contributed by atoms with Crippen LogP contribution in [-0.2, 0) is 0 Å². The molecule has 3 N–H and O–H groups in total. The first-order chi connectivity index (χ1) is 10.8. The molecule has 0 bridgehead atoms. The van der Waals surface area contributed by atoms with Crippen molar-refractivity contribution < 1.29 is 9.32 Å². The largest absolute Gasteiger partial charge is 0.350 e. The standard InChI is InChI=1S/C17H26N4O2/c1-6-17(18,7-2)9-19-15(22)12-8-13(10(3)4)20-16-14(12)11(5)21-23-16/h8,10H,6-7,9,18H2,1-5H3,(H,19,22). The molecule has 1 amide bonds. The van der Waals surface area contributed by atoms with Gasteiger partial charge in [-0.2, -0.15) is 0 Å². The Morgan fingerprint density at radius 3 is 2.61 bits per heavy atom. The van der Waals surface area contributed by atoms with Gasteiger partial charge in [-0.3, -0.25) is 4.79 Å². The maximum absolute atomic E-state index is 12.7. The number of fused-ring (bicyclic) bond motifs is 1. The van der Waals surface area contributed by atoms with E-state index in [0.717, 1.165) is 18.5 Å². The van der Waals surface area contributed by atoms with Crippen LogP contribution in [0.4, 0.5) is 0 Å². The van der Waals surface area contributed by atoms with Crippen molar-refractivity contribution in [1.82, 2.24) is 15.5 Å². The van der Waals surface area contributed by atoms with Crippen LogP contribution in [0.25, 0.3) is 11.1 Å². The third-order valence-corrected chi connectivity index (χ3v) is 4.48. The van der Waals surface area contributed by atoms with Crippen LogP contribution in [0.2, 0.25) is 0 Å². The molecule has 0 aliphatic heterocycles. The zero-order valence-corrected chi connectivity index (χ0v) is 14.6. The van der Waals surface area contributed by atoms with Gasteiger partial charge in [-0.25, -0.2) is 4.98 Å². The van der Waals surface area contributed by atoms with E-state index in [1.807, 2.05) is 40.7 Å². The number of aryl methyl sites for hydroxylation is 1. The van der Waals surface area contributed by atoms with Gasteiger partial charge in [0, 0.05) is 17.8 Å². The molecule has 0 radical (unpaired) electrons. The lowest BCUT2D eigenvalue weighted by atomic mass is 9.94. The van der Waals surface area contributed by atoms with Crippen molar-refractivity contribution in [2.24, 2.45) is 5.73 Å². The number of carbonyl (C=O) groups excluding carboxylic acids is 1. The van der Waals surface area contributed by atoms with Gasteiger partial charge in [0.1, 0.15) is 0 Å². The maximum Gasteiger partial charge on any atom is 0.259 e. The molecule has 2 aromatic rings. The lowest BCUT2D eigenvalue weighted by Gasteiger charge is -2.26. The van der Waals surface area contributed by atoms with Gasteiger partial charge >= 0.3 is 0 Å². The second-order valence-corrected chi connectivity index (χ2v) is 6.45. The normalized spacial score (nSPS) is 12.1. The molecule has 23 heavy (non-hydrogen) atoms. The number of nitrogens with one attached hydrogen (secondary N) is 1. The van der Waals surface area contributed by atoms with Crippen LogP contribution >= 0.6 is 0 Å². The van der Waals surface area contributed by atoms with Gasteiger partial charge in [0.15, 0.2) is 0 Å². The minimum absolute atomic E-state index is 0.165. The number of nitrogens with zero attached hydrogens (tertiary/aromatic N) is 2. The van der Waals surface area contributed by atoms with Crippen molar-refractivity contribution in [3.8, 4) is 0 Å². The Balaban J connectivity index is 2.37. The maximum atomic E-state index is 12.7. The van der Waals surface area contributed by atoms with Gasteiger partial charge in [-0.1, -0.05) is 32.9 Å². The number of aromatic nitrogens is 2. The van der Waals surface area contributed by atoms with Crippen LogP contribution in [0.15, 0.2) is 10.6 Å². The van der Waals surface area contributed by atoms with Crippen LogP contribution in [0.3, 0.4) is 0 Å². The lowest BCUT2D eigenvalue weighted by Crippen LogP contribution is -2.49. The van der Waals surface area contributed by atoms with Crippen LogP contribution in [0, 0.1) is 6.92 Å². The highest BCUT2D eigenvalue weighted by molar-refractivity contribution is 6.06. The van der Waals surface area contributed by atoms with E-state index in [1.54, 1.807) is 0 Å². The van der Waals surface area contributed by atoms with Gasteiger partial charge < -0.3 is 15.6 Å². The van der Waals surface area contributed by atoms with Crippen LogP contribution in [0.5, 0.6) is 0 Å². The predicted octanol–water partition coefficient (Wildman–Crippen LogP) is 2.90. The van der Waals surface area contributed by atoms with E-state index in [-0.39, 0.29) is 17.4 Å². The monoisotopic (exact) mass is 318 g/mol. The highest BCUT2D eigenvalue weighted by atomic mass is 16.5. The molecule has 0 saturated carbocycles. The van der Waals surface area contributed by atoms with Crippen LogP contribution in [0.1, 0.15) is 68.2 Å². The zero-order valence-electron chi connectivity index (χ0n) is 14.6. The molecule has 0 fully saturated rings. The van der Waals surface area contributed by atoms with Crippen LogP contribution < -0.4 is 11.1 Å². The summed E-state index contributed by atoms with van der Waals surface area (Å²) in [5.41, 5.74) is 8.31. The molecule has 0 saturated heterocycles. The Kier molecular flexibility index (Phi) is 5.04. The molecular weight excluding hydrogens is 292 g/mol. The van der Waals surface area contributed by atoms with E-state index >= 15 is 0 Å². The van der Waals surface area contributed by atoms with Crippen molar-refractivity contribution >= 4 is 17.0 Å². The third-order valence-electron chi connectivity index (χ3n) is 4.48. The van der Waals surface area contributed by atoms with Crippen molar-refractivity contribution in [2.45, 2.75) is 58.9 Å². The van der Waals surface area contributed by atoms with E-state index < -0.39 is 0 Å². The minimum Gasteiger partial charge on any atom is -0.350 e. The number of amides is 1. The predicted molar refractivity (Wildman–Crippen MR) is 90.5 cm³/mol. The summed E-state index contributed by atoms with van der Waals surface area (Å²) in [5.74, 6) is 0.0264. The first-order valence-electron chi connectivity index (χ1n) is 8.15. The third kappa shape index (κ3) is 3.52. The highest BCUT2D eigenvalue weighted by Crippen LogP contribution is 2.25. The minimum atomic E-state index is -0.383. The second-order valence-electron chi connectivity index (χ2n) is 6.45. The van der Waals surface area contributed by atoms with E-state index in [4.69, 9.17) is 10.3 Å². The number of hydrogen-bond donors (Lipinski definition) is 2. The van der Waals surface area contributed by atoms with Gasteiger partial charge in [0.25, 0.3) is 11.6 Å². The van der Waals surface area contributed by atoms with Gasteiger partial charge in [0.2, 0.25) is 0 Å². The Bertz CT molecular complexity index is 702. The molecule has 0 aliphatic rings. The van der Waals surface area contributed by atoms with E-state index in [9.17, 15) is 4.79 Å². The molecule has 0 aromatic carbocycles. The first-order valence-corrected chi connectivity index (χ1v) is 8.15. The van der Waals surface area contributed by atoms with E-state index in [1.165, 1.54) is 0 Å². The molecule has 0 unspecified atom stereocenters. The quantitative estimate of drug-likeness (QED) is 0.854. The topological polar surface area (TPSA) is 94.0 Å². The van der Waals surface area contributed by atoms with Crippen molar-refractivity contribution in [1.29, 1.82) is 0 Å². The molecule has 2 rings (SSSR count). The highest BCUT2D eigenvalue weighted by Gasteiger charge is 2.24. The Hall–Kier alpha value is -1.95. The summed E-state index contributed by atoms with van der Waals surface area (Å²) in [6.45, 7) is 10.4. The summed E-state index contributed by atoms with van der Waals surface area (Å²) >= 11 is 0. The molecule has 2 aromatic heterocycles. The number of hydrogen-bond acceptors (Lipinski definition) is 5. The van der Waals surface area contributed by atoms with E-state index in [0.29, 0.717) is 28.9 Å². The van der Waals surface area contributed by atoms with E-state index in [2.05, 4.69) is 15.5 Å². The average Bonchev–Trinajstić information content (AvgIpc) is 2.92. The van der Waals surface area contributed by atoms with Crippen molar-refractivity contribution in [3.05, 3.63) is 23.0 Å². The average molecular weight is 318 g/mol. The number of rotatable bonds is 6. The molecule has 0 spiro atoms. The molecular formula is C17H26N4O2. The fourth-order valence-electron chi connectivity index (χ4n) is 2.44. The fraction of sp³-hybridized carbons (Fsp3) is 0.588. The Labute approximate surface area is 136 Å². The number of pyridine rings is 1. The number of carbonyl (C=O) groups is 1. The van der Waals surface area contributed by atoms with Gasteiger partial charge in [-0.15, -0.1) is 0 Å².